The molecule has 0 aromatic heterocycles. The van der Waals surface area contributed by atoms with Crippen LogP contribution in [-0.4, -0.2) is 25.3 Å². The van der Waals surface area contributed by atoms with Crippen LogP contribution in [-0.2, 0) is 4.74 Å². The van der Waals surface area contributed by atoms with Gasteiger partial charge in [0.1, 0.15) is 0 Å². The van der Waals surface area contributed by atoms with Crippen LogP contribution in [0.5, 0.6) is 0 Å². The van der Waals surface area contributed by atoms with Crippen molar-refractivity contribution in [1.82, 2.24) is 5.32 Å². The quantitative estimate of drug-likeness (QED) is 0.653. The van der Waals surface area contributed by atoms with Gasteiger partial charge in [-0.25, -0.2) is 0 Å². The second kappa shape index (κ2) is 3.30. The van der Waals surface area contributed by atoms with E-state index in [2.05, 4.69) is 5.32 Å². The lowest BCUT2D eigenvalue weighted by molar-refractivity contribution is 0.101. The molecule has 1 heterocycles. The van der Waals surface area contributed by atoms with E-state index in [1.165, 1.54) is 25.7 Å². The standard InChI is InChI=1S/C8H15NO.ClH/c1-10-7-5-8(9-6-7)3-2-4-8;/h7,9H,2-6H2,1H3;1H. The van der Waals surface area contributed by atoms with E-state index in [0.717, 1.165) is 6.54 Å². The fourth-order valence-electron chi connectivity index (χ4n) is 2.06. The van der Waals surface area contributed by atoms with Crippen molar-refractivity contribution in [2.24, 2.45) is 0 Å². The highest BCUT2D eigenvalue weighted by Gasteiger charge is 2.43. The fourth-order valence-corrected chi connectivity index (χ4v) is 2.06. The molecule has 66 valence electrons. The molecule has 0 amide bonds. The lowest BCUT2D eigenvalue weighted by Crippen LogP contribution is -2.45. The summed E-state index contributed by atoms with van der Waals surface area (Å²) in [5, 5.41) is 3.55. The SMILES string of the molecule is COC1CNC2(CCC2)C1.Cl. The molecule has 0 aromatic rings. The van der Waals surface area contributed by atoms with Crippen molar-refractivity contribution in [1.29, 1.82) is 0 Å². The molecule has 0 bridgehead atoms. The zero-order valence-electron chi connectivity index (χ0n) is 6.93. The molecule has 0 aromatic carbocycles. The van der Waals surface area contributed by atoms with E-state index in [1.54, 1.807) is 0 Å². The molecule has 1 aliphatic heterocycles. The third-order valence-corrected chi connectivity index (χ3v) is 2.97. The Labute approximate surface area is 74.1 Å². The number of methoxy groups -OCH3 is 1. The maximum atomic E-state index is 5.28. The molecule has 1 unspecified atom stereocenters. The first-order chi connectivity index (χ1) is 4.85. The summed E-state index contributed by atoms with van der Waals surface area (Å²) in [6, 6.07) is 0. The normalized spacial score (nSPS) is 33.0. The second-order valence-corrected chi connectivity index (χ2v) is 3.58. The third-order valence-electron chi connectivity index (χ3n) is 2.97. The van der Waals surface area contributed by atoms with E-state index in [4.69, 9.17) is 4.74 Å². The number of nitrogens with one attached hydrogen (secondary N) is 1. The first kappa shape index (κ1) is 9.30. The van der Waals surface area contributed by atoms with Gasteiger partial charge in [0.05, 0.1) is 6.10 Å². The van der Waals surface area contributed by atoms with E-state index in [-0.39, 0.29) is 12.4 Å². The topological polar surface area (TPSA) is 21.3 Å². The summed E-state index contributed by atoms with van der Waals surface area (Å²) in [5.74, 6) is 0. The van der Waals surface area contributed by atoms with Crippen LogP contribution in [0.3, 0.4) is 0 Å². The van der Waals surface area contributed by atoms with E-state index < -0.39 is 0 Å². The Morgan fingerprint density at radius 3 is 2.45 bits per heavy atom. The molecule has 11 heavy (non-hydrogen) atoms. The molecule has 0 radical (unpaired) electrons. The highest BCUT2D eigenvalue weighted by atomic mass is 35.5. The molecule has 2 aliphatic rings. The van der Waals surface area contributed by atoms with Crippen LogP contribution < -0.4 is 5.32 Å². The minimum atomic E-state index is 0. The van der Waals surface area contributed by atoms with Gasteiger partial charge in [0.15, 0.2) is 0 Å². The molecule has 1 spiro atoms. The highest BCUT2D eigenvalue weighted by molar-refractivity contribution is 5.85. The second-order valence-electron chi connectivity index (χ2n) is 3.58. The van der Waals surface area contributed by atoms with Crippen molar-refractivity contribution in [3.8, 4) is 0 Å². The Hall–Kier alpha value is 0.210. The van der Waals surface area contributed by atoms with Gasteiger partial charge in [0, 0.05) is 19.2 Å². The first-order valence-corrected chi connectivity index (χ1v) is 4.12. The van der Waals surface area contributed by atoms with Crippen molar-refractivity contribution < 1.29 is 4.74 Å². The lowest BCUT2D eigenvalue weighted by atomic mass is 9.76. The van der Waals surface area contributed by atoms with Crippen molar-refractivity contribution >= 4 is 12.4 Å². The van der Waals surface area contributed by atoms with Gasteiger partial charge in [0.25, 0.3) is 0 Å². The predicted molar refractivity (Wildman–Crippen MR) is 47.2 cm³/mol. The van der Waals surface area contributed by atoms with E-state index in [0.29, 0.717) is 11.6 Å². The summed E-state index contributed by atoms with van der Waals surface area (Å²) < 4.78 is 5.28. The average Bonchev–Trinajstić information content (AvgIpc) is 2.29. The van der Waals surface area contributed by atoms with Gasteiger partial charge in [-0.1, -0.05) is 0 Å². The van der Waals surface area contributed by atoms with Gasteiger partial charge in [-0.05, 0) is 25.7 Å². The Morgan fingerprint density at radius 2 is 2.18 bits per heavy atom. The molecule has 2 nitrogen and oxygen atoms in total. The molecule has 1 saturated heterocycles. The smallest absolute Gasteiger partial charge is 0.0713 e. The summed E-state index contributed by atoms with van der Waals surface area (Å²) >= 11 is 0. The third kappa shape index (κ3) is 1.53. The zero-order chi connectivity index (χ0) is 7.03. The molecule has 2 rings (SSSR count). The fraction of sp³-hybridized carbons (Fsp3) is 1.00. The van der Waals surface area contributed by atoms with E-state index in [9.17, 15) is 0 Å². The molecular formula is C8H16ClNO. The van der Waals surface area contributed by atoms with Gasteiger partial charge < -0.3 is 10.1 Å². The van der Waals surface area contributed by atoms with Crippen LogP contribution in [0.2, 0.25) is 0 Å². The molecule has 1 saturated carbocycles. The number of halogens is 1. The summed E-state index contributed by atoms with van der Waals surface area (Å²) in [6.07, 6.45) is 5.87. The maximum absolute atomic E-state index is 5.28. The van der Waals surface area contributed by atoms with Crippen molar-refractivity contribution in [2.45, 2.75) is 37.3 Å². The Morgan fingerprint density at radius 1 is 1.45 bits per heavy atom. The summed E-state index contributed by atoms with van der Waals surface area (Å²) in [4.78, 5) is 0. The zero-order valence-corrected chi connectivity index (χ0v) is 7.75. The molecular weight excluding hydrogens is 162 g/mol. The number of rotatable bonds is 1. The van der Waals surface area contributed by atoms with Crippen molar-refractivity contribution in [2.75, 3.05) is 13.7 Å². The molecule has 1 atom stereocenters. The maximum Gasteiger partial charge on any atom is 0.0713 e. The average molecular weight is 178 g/mol. The van der Waals surface area contributed by atoms with Crippen LogP contribution in [0.15, 0.2) is 0 Å². The van der Waals surface area contributed by atoms with Gasteiger partial charge >= 0.3 is 0 Å². The van der Waals surface area contributed by atoms with Gasteiger partial charge in [-0.15, -0.1) is 12.4 Å². The molecule has 2 fully saturated rings. The van der Waals surface area contributed by atoms with Crippen LogP contribution in [0.25, 0.3) is 0 Å². The van der Waals surface area contributed by atoms with E-state index >= 15 is 0 Å². The summed E-state index contributed by atoms with van der Waals surface area (Å²) in [6.45, 7) is 1.07. The Balaban J connectivity index is 0.000000605. The number of hydrogen-bond donors (Lipinski definition) is 1. The minimum Gasteiger partial charge on any atom is -0.380 e. The lowest BCUT2D eigenvalue weighted by Gasteiger charge is -2.38. The van der Waals surface area contributed by atoms with Gasteiger partial charge in [-0.2, -0.15) is 0 Å². The Bertz CT molecular complexity index is 136. The summed E-state index contributed by atoms with van der Waals surface area (Å²) in [7, 11) is 1.81. The van der Waals surface area contributed by atoms with E-state index in [1.807, 2.05) is 7.11 Å². The van der Waals surface area contributed by atoms with Crippen molar-refractivity contribution in [3.05, 3.63) is 0 Å². The van der Waals surface area contributed by atoms with Crippen LogP contribution in [0, 0.1) is 0 Å². The Kier molecular flexibility index (Phi) is 2.79. The molecule has 1 aliphatic carbocycles. The van der Waals surface area contributed by atoms with Crippen LogP contribution in [0.4, 0.5) is 0 Å². The summed E-state index contributed by atoms with van der Waals surface area (Å²) in [5.41, 5.74) is 0.515. The number of hydrogen-bond acceptors (Lipinski definition) is 2. The minimum absolute atomic E-state index is 0. The predicted octanol–water partition coefficient (Wildman–Crippen LogP) is 1.34. The highest BCUT2D eigenvalue weighted by Crippen LogP contribution is 2.39. The largest absolute Gasteiger partial charge is 0.380 e. The monoisotopic (exact) mass is 177 g/mol. The first-order valence-electron chi connectivity index (χ1n) is 4.12. The number of ether oxygens (including phenoxy) is 1. The van der Waals surface area contributed by atoms with Gasteiger partial charge in [-0.3, -0.25) is 0 Å². The van der Waals surface area contributed by atoms with Gasteiger partial charge in [0.2, 0.25) is 0 Å². The van der Waals surface area contributed by atoms with Crippen LogP contribution >= 0.6 is 12.4 Å². The van der Waals surface area contributed by atoms with Crippen molar-refractivity contribution in [3.63, 3.8) is 0 Å². The molecule has 3 heteroatoms. The van der Waals surface area contributed by atoms with Crippen LogP contribution in [0.1, 0.15) is 25.7 Å². The molecule has 1 N–H and O–H groups in total.